The van der Waals surface area contributed by atoms with Gasteiger partial charge in [-0.25, -0.2) is 0 Å². The van der Waals surface area contributed by atoms with E-state index in [-0.39, 0.29) is 16.8 Å². The predicted molar refractivity (Wildman–Crippen MR) is 119 cm³/mol. The van der Waals surface area contributed by atoms with Crippen LogP contribution in [0.2, 0.25) is 0 Å². The first kappa shape index (κ1) is 20.3. The molecule has 3 heterocycles. The lowest BCUT2D eigenvalue weighted by atomic mass is 9.79. The smallest absolute Gasteiger partial charge is 0.151 e. The molecule has 7 nitrogen and oxygen atoms in total. The van der Waals surface area contributed by atoms with Crippen LogP contribution in [0.15, 0.2) is 42.7 Å². The standard InChI is InChI=1S/C23H30N6O/c1-22(2)11-17(12-23(3,4)28-22)29(5)21-9-7-19(26-27-21)18-10-15(6-8-20(18)30)16-13-24-25-14-16/h6-10,13-14,17,28,30H,11-12H2,1-5H3,(H,24,25). The van der Waals surface area contributed by atoms with E-state index in [9.17, 15) is 5.11 Å². The highest BCUT2D eigenvalue weighted by atomic mass is 16.3. The second-order valence-electron chi connectivity index (χ2n) is 9.56. The van der Waals surface area contributed by atoms with Crippen LogP contribution >= 0.6 is 0 Å². The summed E-state index contributed by atoms with van der Waals surface area (Å²) in [6.45, 7) is 9.00. The molecule has 1 saturated heterocycles. The Morgan fingerprint density at radius 2 is 1.73 bits per heavy atom. The molecule has 0 saturated carbocycles. The van der Waals surface area contributed by atoms with Gasteiger partial charge in [-0.3, -0.25) is 5.10 Å². The lowest BCUT2D eigenvalue weighted by Crippen LogP contribution is -2.62. The Morgan fingerprint density at radius 3 is 2.33 bits per heavy atom. The summed E-state index contributed by atoms with van der Waals surface area (Å²) in [5.74, 6) is 1.02. The number of anilines is 1. The van der Waals surface area contributed by atoms with Crippen molar-refractivity contribution in [2.45, 2.75) is 57.7 Å². The van der Waals surface area contributed by atoms with Crippen molar-refractivity contribution in [3.05, 3.63) is 42.7 Å². The molecular weight excluding hydrogens is 376 g/mol. The van der Waals surface area contributed by atoms with Gasteiger partial charge >= 0.3 is 0 Å². The van der Waals surface area contributed by atoms with Gasteiger partial charge in [-0.2, -0.15) is 5.10 Å². The van der Waals surface area contributed by atoms with Gasteiger partial charge in [0.05, 0.1) is 11.9 Å². The number of aromatic hydroxyl groups is 1. The van der Waals surface area contributed by atoms with Gasteiger partial charge in [0.2, 0.25) is 0 Å². The minimum atomic E-state index is 0.0629. The summed E-state index contributed by atoms with van der Waals surface area (Å²) in [6.07, 6.45) is 5.64. The molecule has 1 aliphatic rings. The number of aromatic amines is 1. The van der Waals surface area contributed by atoms with E-state index in [0.717, 1.165) is 29.8 Å². The van der Waals surface area contributed by atoms with Crippen molar-refractivity contribution >= 4 is 5.82 Å². The number of hydrogen-bond acceptors (Lipinski definition) is 6. The van der Waals surface area contributed by atoms with Gasteiger partial charge < -0.3 is 15.3 Å². The summed E-state index contributed by atoms with van der Waals surface area (Å²) in [7, 11) is 2.09. The van der Waals surface area contributed by atoms with E-state index < -0.39 is 0 Å². The number of aromatic nitrogens is 4. The minimum absolute atomic E-state index is 0.0629. The van der Waals surface area contributed by atoms with Gasteiger partial charge in [-0.05, 0) is 70.4 Å². The molecule has 30 heavy (non-hydrogen) atoms. The molecule has 0 spiro atoms. The number of phenolic OH excluding ortho intramolecular Hbond substituents is 1. The number of nitrogens with zero attached hydrogens (tertiary/aromatic N) is 4. The second kappa shape index (κ2) is 7.40. The third kappa shape index (κ3) is 4.16. The molecule has 0 aliphatic carbocycles. The largest absolute Gasteiger partial charge is 0.507 e. The molecule has 0 atom stereocenters. The van der Waals surface area contributed by atoms with Crippen LogP contribution in [-0.4, -0.2) is 49.7 Å². The van der Waals surface area contributed by atoms with Gasteiger partial charge in [0.25, 0.3) is 0 Å². The Kier molecular flexibility index (Phi) is 5.02. The van der Waals surface area contributed by atoms with Crippen LogP contribution in [0.1, 0.15) is 40.5 Å². The molecule has 4 rings (SSSR count). The number of benzene rings is 1. The Bertz CT molecular complexity index is 995. The van der Waals surface area contributed by atoms with Gasteiger partial charge in [-0.15, -0.1) is 10.2 Å². The molecule has 0 amide bonds. The maximum atomic E-state index is 10.4. The van der Waals surface area contributed by atoms with E-state index >= 15 is 0 Å². The first-order chi connectivity index (χ1) is 14.1. The lowest BCUT2D eigenvalue weighted by molar-refractivity contribution is 0.160. The van der Waals surface area contributed by atoms with E-state index in [1.165, 1.54) is 0 Å². The first-order valence-electron chi connectivity index (χ1n) is 10.3. The molecule has 0 unspecified atom stereocenters. The van der Waals surface area contributed by atoms with Crippen LogP contribution < -0.4 is 10.2 Å². The van der Waals surface area contributed by atoms with Crippen molar-refractivity contribution in [3.63, 3.8) is 0 Å². The van der Waals surface area contributed by atoms with E-state index in [0.29, 0.717) is 17.3 Å². The summed E-state index contributed by atoms with van der Waals surface area (Å²) in [5, 5.41) is 29.8. The molecule has 3 aromatic rings. The van der Waals surface area contributed by atoms with Crippen molar-refractivity contribution in [1.29, 1.82) is 0 Å². The fourth-order valence-corrected chi connectivity index (χ4v) is 4.72. The maximum absolute atomic E-state index is 10.4. The van der Waals surface area contributed by atoms with Crippen molar-refractivity contribution in [3.8, 4) is 28.1 Å². The lowest BCUT2D eigenvalue weighted by Gasteiger charge is -2.49. The number of piperidine rings is 1. The Hall–Kier alpha value is -2.93. The summed E-state index contributed by atoms with van der Waals surface area (Å²) in [4.78, 5) is 2.23. The number of H-pyrrole nitrogens is 1. The third-order valence-electron chi connectivity index (χ3n) is 5.83. The quantitative estimate of drug-likeness (QED) is 0.607. The summed E-state index contributed by atoms with van der Waals surface area (Å²) >= 11 is 0. The normalized spacial score (nSPS) is 18.3. The molecule has 158 valence electrons. The number of nitrogens with one attached hydrogen (secondary N) is 2. The second-order valence-corrected chi connectivity index (χ2v) is 9.56. The van der Waals surface area contributed by atoms with E-state index in [1.54, 1.807) is 12.3 Å². The Balaban J connectivity index is 1.58. The zero-order valence-electron chi connectivity index (χ0n) is 18.3. The highest BCUT2D eigenvalue weighted by Crippen LogP contribution is 2.34. The van der Waals surface area contributed by atoms with E-state index in [4.69, 9.17) is 0 Å². The zero-order chi connectivity index (χ0) is 21.5. The first-order valence-corrected chi connectivity index (χ1v) is 10.3. The summed E-state index contributed by atoms with van der Waals surface area (Å²) in [5.41, 5.74) is 3.33. The fraction of sp³-hybridized carbons (Fsp3) is 0.435. The molecular formula is C23H30N6O. The predicted octanol–water partition coefficient (Wildman–Crippen LogP) is 3.98. The van der Waals surface area contributed by atoms with Crippen molar-refractivity contribution in [1.82, 2.24) is 25.7 Å². The maximum Gasteiger partial charge on any atom is 0.151 e. The van der Waals surface area contributed by atoms with Crippen molar-refractivity contribution < 1.29 is 5.11 Å². The average Bonchev–Trinajstić information content (AvgIpc) is 3.20. The number of hydrogen-bond donors (Lipinski definition) is 3. The van der Waals surface area contributed by atoms with Crippen LogP contribution in [-0.2, 0) is 0 Å². The average molecular weight is 407 g/mol. The molecule has 3 N–H and O–H groups in total. The highest BCUT2D eigenvalue weighted by Gasteiger charge is 2.39. The minimum Gasteiger partial charge on any atom is -0.507 e. The Morgan fingerprint density at radius 1 is 1.00 bits per heavy atom. The van der Waals surface area contributed by atoms with E-state index in [1.807, 2.05) is 30.5 Å². The summed E-state index contributed by atoms with van der Waals surface area (Å²) < 4.78 is 0. The molecule has 1 fully saturated rings. The van der Waals surface area contributed by atoms with Gasteiger partial charge in [0, 0.05) is 41.5 Å². The third-order valence-corrected chi connectivity index (χ3v) is 5.83. The van der Waals surface area contributed by atoms with Gasteiger partial charge in [-0.1, -0.05) is 6.07 Å². The Labute approximate surface area is 177 Å². The van der Waals surface area contributed by atoms with Crippen molar-refractivity contribution in [2.75, 3.05) is 11.9 Å². The summed E-state index contributed by atoms with van der Waals surface area (Å²) in [6, 6.07) is 9.72. The molecule has 1 aromatic carbocycles. The molecule has 7 heteroatoms. The monoisotopic (exact) mass is 406 g/mol. The highest BCUT2D eigenvalue weighted by molar-refractivity contribution is 5.75. The zero-order valence-corrected chi connectivity index (χ0v) is 18.3. The topological polar surface area (TPSA) is 90.0 Å². The number of rotatable bonds is 4. The van der Waals surface area contributed by atoms with Crippen molar-refractivity contribution in [2.24, 2.45) is 0 Å². The van der Waals surface area contributed by atoms with Gasteiger partial charge in [0.1, 0.15) is 5.75 Å². The van der Waals surface area contributed by atoms with Gasteiger partial charge in [0.15, 0.2) is 5.82 Å². The number of phenols is 1. The SMILES string of the molecule is CN(c1ccc(-c2cc(-c3cn[nH]c3)ccc2O)nn1)C1CC(C)(C)NC(C)(C)C1. The molecule has 0 radical (unpaired) electrons. The van der Waals surface area contributed by atoms with Crippen LogP contribution in [0.3, 0.4) is 0 Å². The van der Waals surface area contributed by atoms with Crippen LogP contribution in [0, 0.1) is 0 Å². The van der Waals surface area contributed by atoms with E-state index in [2.05, 4.69) is 65.4 Å². The van der Waals surface area contributed by atoms with Crippen LogP contribution in [0.4, 0.5) is 5.82 Å². The molecule has 0 bridgehead atoms. The fourth-order valence-electron chi connectivity index (χ4n) is 4.72. The molecule has 1 aliphatic heterocycles. The molecule has 2 aromatic heterocycles. The van der Waals surface area contributed by atoms with Crippen LogP contribution in [0.25, 0.3) is 22.4 Å². The van der Waals surface area contributed by atoms with Crippen LogP contribution in [0.5, 0.6) is 5.75 Å².